The summed E-state index contributed by atoms with van der Waals surface area (Å²) in [5.74, 6) is -2.02. The molecule has 2 aromatic carbocycles. The Hall–Kier alpha value is -3.06. The number of rotatable bonds is 12. The minimum atomic E-state index is -0.980. The molecule has 184 valence electrons. The number of nitrogens with one attached hydrogen (secondary N) is 1. The molecule has 2 rings (SSSR count). The molecule has 0 saturated heterocycles. The van der Waals surface area contributed by atoms with Crippen LogP contribution < -0.4 is 5.32 Å². The zero-order chi connectivity index (χ0) is 25.3. The summed E-state index contributed by atoms with van der Waals surface area (Å²) < 4.78 is 19.8. The monoisotopic (exact) mass is 471 g/mol. The Bertz CT molecular complexity index is 995. The Morgan fingerprint density at radius 3 is 2.24 bits per heavy atom. The second-order valence-electron chi connectivity index (χ2n) is 9.73. The summed E-state index contributed by atoms with van der Waals surface area (Å²) in [6, 6.07) is 11.0. The van der Waals surface area contributed by atoms with E-state index in [0.29, 0.717) is 29.7 Å². The van der Waals surface area contributed by atoms with Crippen LogP contribution >= 0.6 is 0 Å². The van der Waals surface area contributed by atoms with E-state index in [4.69, 9.17) is 9.84 Å². The number of hydrogen-bond acceptors (Lipinski definition) is 4. The number of methoxy groups -OCH3 is 1. The maximum Gasteiger partial charge on any atom is 0.303 e. The average molecular weight is 472 g/mol. The lowest BCUT2D eigenvalue weighted by molar-refractivity contribution is -0.137. The quantitative estimate of drug-likeness (QED) is 0.465. The molecular weight excluding hydrogens is 437 g/mol. The summed E-state index contributed by atoms with van der Waals surface area (Å²) in [5, 5.41) is 11.5. The summed E-state index contributed by atoms with van der Waals surface area (Å²) in [7, 11) is 1.59. The van der Waals surface area contributed by atoms with E-state index in [9.17, 15) is 18.8 Å². The highest BCUT2D eigenvalue weighted by atomic mass is 19.1. The molecule has 0 aliphatic rings. The Morgan fingerprint density at radius 1 is 1.03 bits per heavy atom. The third-order valence-electron chi connectivity index (χ3n) is 5.26. The maximum absolute atomic E-state index is 14.6. The third-order valence-corrected chi connectivity index (χ3v) is 5.26. The highest BCUT2D eigenvalue weighted by Crippen LogP contribution is 2.24. The van der Waals surface area contributed by atoms with Gasteiger partial charge in [-0.1, -0.05) is 57.2 Å². The fraction of sp³-hybridized carbons (Fsp3) is 0.444. The molecule has 0 fully saturated rings. The number of Topliss-reactive ketones (excluding diaryl/α,β-unsaturated/α-hetero) is 1. The third kappa shape index (κ3) is 9.06. The van der Waals surface area contributed by atoms with Gasteiger partial charge in [0.25, 0.3) is 0 Å². The number of carbonyl (C=O) groups is 3. The topological polar surface area (TPSA) is 92.7 Å². The normalized spacial score (nSPS) is 12.3. The van der Waals surface area contributed by atoms with Crippen molar-refractivity contribution in [2.45, 2.75) is 65.5 Å². The van der Waals surface area contributed by atoms with Gasteiger partial charge in [0.2, 0.25) is 5.91 Å². The van der Waals surface area contributed by atoms with Crippen LogP contribution in [0.15, 0.2) is 42.5 Å². The van der Waals surface area contributed by atoms with E-state index in [1.807, 2.05) is 32.9 Å². The summed E-state index contributed by atoms with van der Waals surface area (Å²) in [6.07, 6.45) is 0.573. The number of benzene rings is 2. The van der Waals surface area contributed by atoms with Crippen molar-refractivity contribution in [1.29, 1.82) is 0 Å². The number of hydrogen-bond donors (Lipinski definition) is 2. The second kappa shape index (κ2) is 12.4. The molecular formula is C27H34FNO5. The van der Waals surface area contributed by atoms with Crippen LogP contribution in [0, 0.1) is 11.2 Å². The lowest BCUT2D eigenvalue weighted by atomic mass is 9.87. The number of halogens is 1. The molecule has 2 N–H and O–H groups in total. The molecule has 0 bridgehead atoms. The lowest BCUT2D eigenvalue weighted by Gasteiger charge is -2.20. The minimum Gasteiger partial charge on any atom is -0.481 e. The lowest BCUT2D eigenvalue weighted by Crippen LogP contribution is -2.34. The van der Waals surface area contributed by atoms with E-state index in [1.165, 1.54) is 6.07 Å². The predicted molar refractivity (Wildman–Crippen MR) is 128 cm³/mol. The second-order valence-corrected chi connectivity index (χ2v) is 9.73. The smallest absolute Gasteiger partial charge is 0.303 e. The van der Waals surface area contributed by atoms with Gasteiger partial charge >= 0.3 is 5.97 Å². The first-order chi connectivity index (χ1) is 16.0. The number of ether oxygens (including phenoxy) is 1. The molecule has 0 heterocycles. The van der Waals surface area contributed by atoms with E-state index < -0.39 is 17.9 Å². The van der Waals surface area contributed by atoms with Crippen LogP contribution in [0.2, 0.25) is 0 Å². The summed E-state index contributed by atoms with van der Waals surface area (Å²) in [6.45, 7) is 6.52. The van der Waals surface area contributed by atoms with Crippen molar-refractivity contribution in [2.75, 3.05) is 7.11 Å². The maximum atomic E-state index is 14.6. The first kappa shape index (κ1) is 27.2. The average Bonchev–Trinajstić information content (AvgIpc) is 2.74. The van der Waals surface area contributed by atoms with Gasteiger partial charge in [-0.2, -0.15) is 0 Å². The first-order valence-electron chi connectivity index (χ1n) is 11.4. The van der Waals surface area contributed by atoms with Crippen LogP contribution in [0.1, 0.15) is 68.3 Å². The Labute approximate surface area is 200 Å². The van der Waals surface area contributed by atoms with Crippen molar-refractivity contribution in [3.05, 3.63) is 70.5 Å². The van der Waals surface area contributed by atoms with Crippen molar-refractivity contribution in [1.82, 2.24) is 5.32 Å². The summed E-state index contributed by atoms with van der Waals surface area (Å²) in [5.41, 5.74) is 2.58. The van der Waals surface area contributed by atoms with Gasteiger partial charge in [0.05, 0.1) is 6.61 Å². The fourth-order valence-corrected chi connectivity index (χ4v) is 3.67. The molecule has 1 atom stereocenters. The first-order valence-corrected chi connectivity index (χ1v) is 11.4. The summed E-state index contributed by atoms with van der Waals surface area (Å²) >= 11 is 0. The van der Waals surface area contributed by atoms with Crippen LogP contribution in [-0.4, -0.2) is 29.9 Å². The highest BCUT2D eigenvalue weighted by Gasteiger charge is 2.24. The van der Waals surface area contributed by atoms with Crippen molar-refractivity contribution in [3.63, 3.8) is 0 Å². The molecule has 2 aromatic rings. The molecule has 7 heteroatoms. The van der Waals surface area contributed by atoms with E-state index in [0.717, 1.165) is 5.56 Å². The van der Waals surface area contributed by atoms with Gasteiger partial charge in [0.15, 0.2) is 5.78 Å². The molecule has 34 heavy (non-hydrogen) atoms. The number of ketones is 1. The van der Waals surface area contributed by atoms with Crippen molar-refractivity contribution >= 4 is 17.7 Å². The van der Waals surface area contributed by atoms with Crippen LogP contribution in [0.4, 0.5) is 4.39 Å². The number of carboxylic acids is 1. The van der Waals surface area contributed by atoms with Crippen molar-refractivity contribution < 1.29 is 28.6 Å². The van der Waals surface area contributed by atoms with E-state index >= 15 is 0 Å². The zero-order valence-electron chi connectivity index (χ0n) is 20.3. The molecule has 0 spiro atoms. The standard InChI is InChI=1S/C27H34FNO5/c1-27(2,3)16-21-13-10-19(14-22(21)28)15-23(30)26(29-24(31)6-5-7-25(32)33)20-11-8-18(9-12-20)17-34-4/h8-14,26H,5-7,15-17H2,1-4H3,(H,29,31)(H,32,33). The van der Waals surface area contributed by atoms with Gasteiger partial charge < -0.3 is 15.2 Å². The SMILES string of the molecule is COCc1ccc(C(NC(=O)CCCC(=O)O)C(=O)Cc2ccc(CC(C)(C)C)c(F)c2)cc1. The molecule has 0 aliphatic heterocycles. The number of carboxylic acid groups (broad SMARTS) is 1. The van der Waals surface area contributed by atoms with Gasteiger partial charge in [0, 0.05) is 26.4 Å². The van der Waals surface area contributed by atoms with Crippen LogP contribution in [0.25, 0.3) is 0 Å². The Balaban J connectivity index is 2.20. The molecule has 0 radical (unpaired) electrons. The summed E-state index contributed by atoms with van der Waals surface area (Å²) in [4.78, 5) is 36.4. The van der Waals surface area contributed by atoms with Gasteiger partial charge in [-0.15, -0.1) is 0 Å². The van der Waals surface area contributed by atoms with Crippen molar-refractivity contribution in [3.8, 4) is 0 Å². The zero-order valence-corrected chi connectivity index (χ0v) is 20.3. The van der Waals surface area contributed by atoms with E-state index in [2.05, 4.69) is 5.32 Å². The highest BCUT2D eigenvalue weighted by molar-refractivity contribution is 5.91. The van der Waals surface area contributed by atoms with Crippen molar-refractivity contribution in [2.24, 2.45) is 5.41 Å². The molecule has 6 nitrogen and oxygen atoms in total. The van der Waals surface area contributed by atoms with Gasteiger partial charge in [-0.05, 0) is 46.6 Å². The fourth-order valence-electron chi connectivity index (χ4n) is 3.67. The number of carbonyl (C=O) groups excluding carboxylic acids is 2. The van der Waals surface area contributed by atoms with E-state index in [-0.39, 0.29) is 42.7 Å². The van der Waals surface area contributed by atoms with Gasteiger partial charge in [-0.25, -0.2) is 4.39 Å². The van der Waals surface area contributed by atoms with Gasteiger partial charge in [-0.3, -0.25) is 14.4 Å². The van der Waals surface area contributed by atoms with Gasteiger partial charge in [0.1, 0.15) is 11.9 Å². The number of amides is 1. The van der Waals surface area contributed by atoms with Crippen LogP contribution in [-0.2, 0) is 38.6 Å². The predicted octanol–water partition coefficient (Wildman–Crippen LogP) is 4.78. The number of aliphatic carboxylic acids is 1. The molecule has 1 amide bonds. The molecule has 0 aromatic heterocycles. The van der Waals surface area contributed by atoms with E-state index in [1.54, 1.807) is 31.4 Å². The van der Waals surface area contributed by atoms with Crippen LogP contribution in [0.3, 0.4) is 0 Å². The van der Waals surface area contributed by atoms with Crippen LogP contribution in [0.5, 0.6) is 0 Å². The molecule has 1 unspecified atom stereocenters. The molecule has 0 saturated carbocycles. The Morgan fingerprint density at radius 2 is 1.68 bits per heavy atom. The minimum absolute atomic E-state index is 0.00599. The largest absolute Gasteiger partial charge is 0.481 e. The Kier molecular flexibility index (Phi) is 9.93. The molecule has 0 aliphatic carbocycles.